The third-order valence-electron chi connectivity index (χ3n) is 6.89. The highest BCUT2D eigenvalue weighted by molar-refractivity contribution is 5.86. The second kappa shape index (κ2) is 10.1. The first-order valence-corrected chi connectivity index (χ1v) is 11.0. The van der Waals surface area contributed by atoms with E-state index in [1.54, 1.807) is 0 Å². The van der Waals surface area contributed by atoms with Gasteiger partial charge in [-0.15, -0.1) is 0 Å². The molecule has 8 nitrogen and oxygen atoms in total. The summed E-state index contributed by atoms with van der Waals surface area (Å²) in [4.78, 5) is 40.6. The second-order valence-electron chi connectivity index (χ2n) is 8.63. The van der Waals surface area contributed by atoms with Crippen LogP contribution in [0.3, 0.4) is 0 Å². The molecule has 170 valence electrons. The Balaban J connectivity index is 0.000000858. The van der Waals surface area contributed by atoms with E-state index in [9.17, 15) is 9.59 Å². The monoisotopic (exact) mass is 431 g/mol. The summed E-state index contributed by atoms with van der Waals surface area (Å²) >= 11 is 0. The number of benzene rings is 1. The van der Waals surface area contributed by atoms with Crippen molar-refractivity contribution >= 4 is 18.3 Å². The van der Waals surface area contributed by atoms with Crippen LogP contribution in [0.15, 0.2) is 24.3 Å². The first-order valence-electron chi connectivity index (χ1n) is 11.0. The number of ether oxygens (including phenoxy) is 1. The van der Waals surface area contributed by atoms with Crippen LogP contribution < -0.4 is 4.74 Å². The highest BCUT2D eigenvalue weighted by atomic mass is 16.5. The van der Waals surface area contributed by atoms with Crippen LogP contribution in [0, 0.1) is 5.41 Å². The summed E-state index contributed by atoms with van der Waals surface area (Å²) in [5.74, 6) is 1.27. The van der Waals surface area contributed by atoms with Gasteiger partial charge in [-0.2, -0.15) is 0 Å². The lowest BCUT2D eigenvalue weighted by Crippen LogP contribution is -2.62. The molecule has 3 aliphatic rings. The molecule has 3 aliphatic heterocycles. The van der Waals surface area contributed by atoms with Gasteiger partial charge in [-0.05, 0) is 38.7 Å². The number of carbonyl (C=O) groups excluding carboxylic acids is 2. The first-order chi connectivity index (χ1) is 14.9. The van der Waals surface area contributed by atoms with Crippen molar-refractivity contribution in [2.45, 2.75) is 45.2 Å². The summed E-state index contributed by atoms with van der Waals surface area (Å²) in [6.07, 6.45) is 3.72. The van der Waals surface area contributed by atoms with E-state index in [-0.39, 0.29) is 24.3 Å². The Morgan fingerprint density at radius 1 is 1.23 bits per heavy atom. The zero-order valence-corrected chi connectivity index (χ0v) is 18.5. The standard InChI is InChI=1S/C22H31N3O3.CH2O2/c1-17-22(9-5-11-23(2)21(22)27)10-6-12-25(17)20(26)16-24-13-14-28-19-8-4-3-7-18(19)15-24;2-1-3/h3-4,7-8,17H,5-6,9-16H2,1-2H3;1H,(H,2,3)/t17-,22-;/m0./s1. The zero-order valence-electron chi connectivity index (χ0n) is 18.5. The minimum Gasteiger partial charge on any atom is -0.492 e. The van der Waals surface area contributed by atoms with Gasteiger partial charge in [-0.25, -0.2) is 0 Å². The predicted octanol–water partition coefficient (Wildman–Crippen LogP) is 1.83. The van der Waals surface area contributed by atoms with Gasteiger partial charge in [-0.1, -0.05) is 18.2 Å². The van der Waals surface area contributed by atoms with Crippen LogP contribution in [0.25, 0.3) is 0 Å². The molecule has 31 heavy (non-hydrogen) atoms. The lowest BCUT2D eigenvalue weighted by Gasteiger charge is -2.51. The van der Waals surface area contributed by atoms with Crippen molar-refractivity contribution in [3.05, 3.63) is 29.8 Å². The molecule has 2 atom stereocenters. The van der Waals surface area contributed by atoms with Gasteiger partial charge < -0.3 is 19.6 Å². The summed E-state index contributed by atoms with van der Waals surface area (Å²) < 4.78 is 5.83. The number of piperidine rings is 2. The molecule has 0 bridgehead atoms. The molecule has 1 aromatic carbocycles. The largest absolute Gasteiger partial charge is 0.492 e. The van der Waals surface area contributed by atoms with Crippen LogP contribution in [0.4, 0.5) is 0 Å². The Morgan fingerprint density at radius 2 is 1.90 bits per heavy atom. The number of likely N-dealkylation sites (tertiary alicyclic amines) is 2. The van der Waals surface area contributed by atoms with Crippen LogP contribution >= 0.6 is 0 Å². The summed E-state index contributed by atoms with van der Waals surface area (Å²) in [7, 11) is 1.89. The van der Waals surface area contributed by atoms with Crippen LogP contribution in [0.2, 0.25) is 0 Å². The molecule has 2 amide bonds. The molecule has 0 unspecified atom stereocenters. The maximum atomic E-state index is 13.2. The van der Waals surface area contributed by atoms with Gasteiger partial charge in [-0.3, -0.25) is 19.3 Å². The van der Waals surface area contributed by atoms with Crippen LogP contribution in [0.1, 0.15) is 38.2 Å². The van der Waals surface area contributed by atoms with Crippen molar-refractivity contribution in [2.24, 2.45) is 5.41 Å². The number of amides is 2. The lowest BCUT2D eigenvalue weighted by molar-refractivity contribution is -0.158. The number of fused-ring (bicyclic) bond motifs is 1. The summed E-state index contributed by atoms with van der Waals surface area (Å²) in [5, 5.41) is 6.89. The highest BCUT2D eigenvalue weighted by Crippen LogP contribution is 2.43. The molecule has 0 aliphatic carbocycles. The van der Waals surface area contributed by atoms with Crippen molar-refractivity contribution in [2.75, 3.05) is 39.8 Å². The zero-order chi connectivity index (χ0) is 22.4. The van der Waals surface area contributed by atoms with E-state index in [4.69, 9.17) is 14.6 Å². The van der Waals surface area contributed by atoms with Crippen molar-refractivity contribution < 1.29 is 24.2 Å². The Bertz CT molecular complexity index is 797. The van der Waals surface area contributed by atoms with E-state index in [0.717, 1.165) is 63.2 Å². The third kappa shape index (κ3) is 4.84. The molecule has 3 heterocycles. The molecule has 2 fully saturated rings. The van der Waals surface area contributed by atoms with Crippen LogP contribution in [-0.2, 0) is 20.9 Å². The second-order valence-corrected chi connectivity index (χ2v) is 8.63. The van der Waals surface area contributed by atoms with E-state index in [1.807, 2.05) is 35.0 Å². The van der Waals surface area contributed by atoms with Crippen LogP contribution in [0.5, 0.6) is 5.75 Å². The van der Waals surface area contributed by atoms with Gasteiger partial charge in [0.25, 0.3) is 6.47 Å². The summed E-state index contributed by atoms with van der Waals surface area (Å²) in [6.45, 7) is 5.82. The molecule has 1 aromatic rings. The van der Waals surface area contributed by atoms with Crippen molar-refractivity contribution in [1.29, 1.82) is 0 Å². The number of hydrogen-bond donors (Lipinski definition) is 1. The fourth-order valence-electron chi connectivity index (χ4n) is 5.24. The Morgan fingerprint density at radius 3 is 2.65 bits per heavy atom. The topological polar surface area (TPSA) is 90.4 Å². The van der Waals surface area contributed by atoms with Gasteiger partial charge in [0.15, 0.2) is 0 Å². The number of rotatable bonds is 2. The van der Waals surface area contributed by atoms with E-state index in [2.05, 4.69) is 17.9 Å². The maximum Gasteiger partial charge on any atom is 0.290 e. The van der Waals surface area contributed by atoms with Gasteiger partial charge >= 0.3 is 0 Å². The van der Waals surface area contributed by atoms with Gasteiger partial charge in [0, 0.05) is 44.8 Å². The number of hydrogen-bond acceptors (Lipinski definition) is 5. The fourth-order valence-corrected chi connectivity index (χ4v) is 5.24. The third-order valence-corrected chi connectivity index (χ3v) is 6.89. The maximum absolute atomic E-state index is 13.2. The molecule has 1 spiro atoms. The van der Waals surface area contributed by atoms with E-state index < -0.39 is 5.41 Å². The molecule has 0 aromatic heterocycles. The van der Waals surface area contributed by atoms with Crippen LogP contribution in [-0.4, -0.2) is 84.0 Å². The molecule has 8 heteroatoms. The van der Waals surface area contributed by atoms with Gasteiger partial charge in [0.05, 0.1) is 12.0 Å². The molecule has 1 N–H and O–H groups in total. The SMILES string of the molecule is C[C@@H]1N(C(=O)CN2CCOc3ccccc3C2)CCC[C@@]12CCCN(C)C2=O.O=CO. The normalized spacial score (nSPS) is 26.3. The molecule has 4 rings (SSSR count). The van der Waals surface area contributed by atoms with E-state index in [0.29, 0.717) is 13.2 Å². The van der Waals surface area contributed by atoms with E-state index >= 15 is 0 Å². The summed E-state index contributed by atoms with van der Waals surface area (Å²) in [5.41, 5.74) is 0.732. The minimum absolute atomic E-state index is 0.0421. The number of carbonyl (C=O) groups is 3. The first kappa shape index (κ1) is 23.1. The Hall–Kier alpha value is -2.61. The lowest BCUT2D eigenvalue weighted by atomic mass is 9.68. The average molecular weight is 432 g/mol. The average Bonchev–Trinajstić information content (AvgIpc) is 2.96. The number of carboxylic acid groups (broad SMARTS) is 1. The number of nitrogens with zero attached hydrogens (tertiary/aromatic N) is 3. The molecule has 2 saturated heterocycles. The highest BCUT2D eigenvalue weighted by Gasteiger charge is 2.51. The van der Waals surface area contributed by atoms with Gasteiger partial charge in [0.1, 0.15) is 12.4 Å². The van der Waals surface area contributed by atoms with Gasteiger partial charge in [0.2, 0.25) is 11.8 Å². The predicted molar refractivity (Wildman–Crippen MR) is 116 cm³/mol. The molecule has 0 radical (unpaired) electrons. The van der Waals surface area contributed by atoms with Crippen molar-refractivity contribution in [3.8, 4) is 5.75 Å². The quantitative estimate of drug-likeness (QED) is 0.719. The Kier molecular flexibility index (Phi) is 7.54. The molecular formula is C23H33N3O5. The van der Waals surface area contributed by atoms with E-state index in [1.165, 1.54) is 0 Å². The molecular weight excluding hydrogens is 398 g/mol. The fraction of sp³-hybridized carbons (Fsp3) is 0.609. The van der Waals surface area contributed by atoms with Crippen molar-refractivity contribution in [3.63, 3.8) is 0 Å². The smallest absolute Gasteiger partial charge is 0.290 e. The molecule has 0 saturated carbocycles. The summed E-state index contributed by atoms with van der Waals surface area (Å²) in [6, 6.07) is 8.00. The minimum atomic E-state index is -0.393. The Labute approximate surface area is 183 Å². The van der Waals surface area contributed by atoms with Crippen molar-refractivity contribution in [1.82, 2.24) is 14.7 Å². The number of para-hydroxylation sites is 1.